The van der Waals surface area contributed by atoms with Gasteiger partial charge in [0.15, 0.2) is 16.6 Å². The van der Waals surface area contributed by atoms with Crippen LogP contribution in [0.4, 0.5) is 9.93 Å². The van der Waals surface area contributed by atoms with Gasteiger partial charge in [0.1, 0.15) is 13.2 Å². The minimum Gasteiger partial charge on any atom is -0.486 e. The summed E-state index contributed by atoms with van der Waals surface area (Å²) in [7, 11) is 0. The first kappa shape index (κ1) is 17.1. The molecule has 1 aromatic carbocycles. The van der Waals surface area contributed by atoms with Gasteiger partial charge >= 0.3 is 6.03 Å². The van der Waals surface area contributed by atoms with Gasteiger partial charge in [0.2, 0.25) is 0 Å². The number of hydrogen-bond acceptors (Lipinski definition) is 5. The zero-order valence-electron chi connectivity index (χ0n) is 14.9. The van der Waals surface area contributed by atoms with E-state index in [1.54, 1.807) is 0 Å². The molecule has 0 saturated carbocycles. The Morgan fingerprint density at radius 1 is 1.35 bits per heavy atom. The second-order valence-corrected chi connectivity index (χ2v) is 7.44. The number of anilines is 1. The minimum absolute atomic E-state index is 0.0564. The summed E-state index contributed by atoms with van der Waals surface area (Å²) in [4.78, 5) is 19.2. The SMILES string of the molecule is CCCc1csc(NC(=O)N2CCCC2c2ccc3c(c2)OCCO3)n1. The lowest BCUT2D eigenvalue weighted by molar-refractivity contribution is 0.170. The Hall–Kier alpha value is -2.28. The number of likely N-dealkylation sites (tertiary alicyclic amines) is 1. The summed E-state index contributed by atoms with van der Waals surface area (Å²) in [5, 5.41) is 5.65. The van der Waals surface area contributed by atoms with Gasteiger partial charge in [-0.3, -0.25) is 5.32 Å². The van der Waals surface area contributed by atoms with E-state index in [4.69, 9.17) is 9.47 Å². The lowest BCUT2D eigenvalue weighted by atomic mass is 10.0. The van der Waals surface area contributed by atoms with Crippen LogP contribution in [-0.2, 0) is 6.42 Å². The van der Waals surface area contributed by atoms with Crippen LogP contribution in [0, 0.1) is 0 Å². The molecule has 7 heteroatoms. The molecule has 0 spiro atoms. The fourth-order valence-electron chi connectivity index (χ4n) is 3.52. The van der Waals surface area contributed by atoms with Crippen LogP contribution < -0.4 is 14.8 Å². The van der Waals surface area contributed by atoms with Crippen LogP contribution in [0.25, 0.3) is 0 Å². The number of carbonyl (C=O) groups excluding carboxylic acids is 1. The van der Waals surface area contributed by atoms with E-state index in [9.17, 15) is 4.79 Å². The standard InChI is InChI=1S/C19H23N3O3S/c1-2-4-14-12-26-18(20-14)21-19(23)22-8-3-5-15(22)13-6-7-16-17(11-13)25-10-9-24-16/h6-7,11-12,15H,2-5,8-10H2,1H3,(H,20,21,23). The van der Waals surface area contributed by atoms with Gasteiger partial charge in [-0.1, -0.05) is 19.4 Å². The summed E-state index contributed by atoms with van der Waals surface area (Å²) in [5.74, 6) is 1.55. The molecule has 2 aromatic rings. The number of nitrogens with zero attached hydrogens (tertiary/aromatic N) is 2. The fraction of sp³-hybridized carbons (Fsp3) is 0.474. The third kappa shape index (κ3) is 3.49. The van der Waals surface area contributed by atoms with Crippen molar-refractivity contribution in [2.75, 3.05) is 25.1 Å². The molecule has 1 atom stereocenters. The Morgan fingerprint density at radius 2 is 2.19 bits per heavy atom. The maximum Gasteiger partial charge on any atom is 0.324 e. The molecule has 138 valence electrons. The van der Waals surface area contributed by atoms with E-state index >= 15 is 0 Å². The Bertz CT molecular complexity index is 792. The van der Waals surface area contributed by atoms with E-state index in [0.717, 1.165) is 55.0 Å². The van der Waals surface area contributed by atoms with Crippen LogP contribution >= 0.6 is 11.3 Å². The van der Waals surface area contributed by atoms with E-state index in [-0.39, 0.29) is 12.1 Å². The molecule has 2 aliphatic heterocycles. The van der Waals surface area contributed by atoms with Gasteiger partial charge in [0, 0.05) is 11.9 Å². The summed E-state index contributed by atoms with van der Waals surface area (Å²) in [5.41, 5.74) is 2.13. The molecule has 1 unspecified atom stereocenters. The monoisotopic (exact) mass is 373 g/mol. The minimum atomic E-state index is -0.0835. The summed E-state index contributed by atoms with van der Waals surface area (Å²) < 4.78 is 11.3. The maximum atomic E-state index is 12.8. The van der Waals surface area contributed by atoms with Gasteiger partial charge in [0.25, 0.3) is 0 Å². The molecule has 0 radical (unpaired) electrons. The highest BCUT2D eigenvalue weighted by Gasteiger charge is 2.31. The van der Waals surface area contributed by atoms with E-state index in [2.05, 4.69) is 17.2 Å². The van der Waals surface area contributed by atoms with E-state index in [1.807, 2.05) is 28.5 Å². The van der Waals surface area contributed by atoms with Crippen molar-refractivity contribution in [3.05, 3.63) is 34.8 Å². The third-order valence-corrected chi connectivity index (χ3v) is 5.54. The average Bonchev–Trinajstić information content (AvgIpc) is 3.31. The van der Waals surface area contributed by atoms with Crippen molar-refractivity contribution in [3.8, 4) is 11.5 Å². The Balaban J connectivity index is 1.48. The van der Waals surface area contributed by atoms with Gasteiger partial charge in [-0.05, 0) is 37.0 Å². The van der Waals surface area contributed by atoms with Crippen LogP contribution in [0.5, 0.6) is 11.5 Å². The smallest absolute Gasteiger partial charge is 0.324 e. The first-order valence-corrected chi connectivity index (χ1v) is 10.0. The second-order valence-electron chi connectivity index (χ2n) is 6.58. The predicted octanol–water partition coefficient (Wildman–Crippen LogP) is 4.24. The summed E-state index contributed by atoms with van der Waals surface area (Å²) in [6, 6.07) is 5.96. The van der Waals surface area contributed by atoms with Crippen molar-refractivity contribution in [2.24, 2.45) is 0 Å². The van der Waals surface area contributed by atoms with Crippen molar-refractivity contribution in [2.45, 2.75) is 38.6 Å². The average molecular weight is 373 g/mol. The highest BCUT2D eigenvalue weighted by atomic mass is 32.1. The van der Waals surface area contributed by atoms with Crippen molar-refractivity contribution in [1.29, 1.82) is 0 Å². The number of aryl methyl sites for hydroxylation is 1. The lowest BCUT2D eigenvalue weighted by Crippen LogP contribution is -2.34. The zero-order valence-corrected chi connectivity index (χ0v) is 15.7. The number of carbonyl (C=O) groups is 1. The number of amides is 2. The van der Waals surface area contributed by atoms with Crippen molar-refractivity contribution in [1.82, 2.24) is 9.88 Å². The molecule has 1 N–H and O–H groups in total. The number of ether oxygens (including phenoxy) is 2. The topological polar surface area (TPSA) is 63.7 Å². The molecular weight excluding hydrogens is 350 g/mol. The number of fused-ring (bicyclic) bond motifs is 1. The van der Waals surface area contributed by atoms with Gasteiger partial charge < -0.3 is 14.4 Å². The molecule has 4 rings (SSSR count). The van der Waals surface area contributed by atoms with Gasteiger partial charge in [0.05, 0.1) is 11.7 Å². The summed E-state index contributed by atoms with van der Waals surface area (Å²) >= 11 is 1.49. The number of nitrogens with one attached hydrogen (secondary N) is 1. The van der Waals surface area contributed by atoms with Crippen LogP contribution in [0.15, 0.2) is 23.6 Å². The van der Waals surface area contributed by atoms with Crippen molar-refractivity contribution >= 4 is 22.5 Å². The lowest BCUT2D eigenvalue weighted by Gasteiger charge is -2.26. The van der Waals surface area contributed by atoms with Crippen LogP contribution in [0.2, 0.25) is 0 Å². The Morgan fingerprint density at radius 3 is 3.04 bits per heavy atom. The fourth-order valence-corrected chi connectivity index (χ4v) is 4.26. The van der Waals surface area contributed by atoms with Crippen LogP contribution in [-0.4, -0.2) is 35.7 Å². The molecule has 1 saturated heterocycles. The highest BCUT2D eigenvalue weighted by molar-refractivity contribution is 7.13. The molecule has 2 aliphatic rings. The first-order valence-electron chi connectivity index (χ1n) is 9.16. The second kappa shape index (κ2) is 7.53. The Labute approximate surface area is 157 Å². The molecular formula is C19H23N3O3S. The number of rotatable bonds is 4. The van der Waals surface area contributed by atoms with E-state index in [0.29, 0.717) is 18.3 Å². The Kier molecular flexibility index (Phi) is 4.97. The molecule has 3 heterocycles. The third-order valence-electron chi connectivity index (χ3n) is 4.74. The number of thiazole rings is 1. The van der Waals surface area contributed by atoms with Crippen LogP contribution in [0.3, 0.4) is 0 Å². The molecule has 0 aliphatic carbocycles. The molecule has 2 amide bonds. The maximum absolute atomic E-state index is 12.8. The first-order chi connectivity index (χ1) is 12.7. The molecule has 26 heavy (non-hydrogen) atoms. The van der Waals surface area contributed by atoms with E-state index in [1.165, 1.54) is 11.3 Å². The van der Waals surface area contributed by atoms with Crippen molar-refractivity contribution in [3.63, 3.8) is 0 Å². The van der Waals surface area contributed by atoms with Gasteiger partial charge in [-0.25, -0.2) is 9.78 Å². The predicted molar refractivity (Wildman–Crippen MR) is 101 cm³/mol. The number of hydrogen-bond donors (Lipinski definition) is 1. The number of benzene rings is 1. The van der Waals surface area contributed by atoms with Gasteiger partial charge in [-0.2, -0.15) is 0 Å². The summed E-state index contributed by atoms with van der Waals surface area (Å²) in [6.45, 7) is 4.02. The molecule has 1 fully saturated rings. The number of aromatic nitrogens is 1. The van der Waals surface area contributed by atoms with Gasteiger partial charge in [-0.15, -0.1) is 11.3 Å². The normalized spacial score (nSPS) is 18.8. The summed E-state index contributed by atoms with van der Waals surface area (Å²) in [6.07, 6.45) is 3.93. The van der Waals surface area contributed by atoms with Crippen LogP contribution in [0.1, 0.15) is 43.5 Å². The largest absolute Gasteiger partial charge is 0.486 e. The quantitative estimate of drug-likeness (QED) is 0.871. The highest BCUT2D eigenvalue weighted by Crippen LogP contribution is 2.38. The van der Waals surface area contributed by atoms with E-state index < -0.39 is 0 Å². The number of urea groups is 1. The zero-order chi connectivity index (χ0) is 17.9. The van der Waals surface area contributed by atoms with Crippen molar-refractivity contribution < 1.29 is 14.3 Å². The molecule has 0 bridgehead atoms. The molecule has 6 nitrogen and oxygen atoms in total. The molecule has 1 aromatic heterocycles.